The molecule has 0 fully saturated rings. The molecule has 0 unspecified atom stereocenters. The zero-order chi connectivity index (χ0) is 9.97. The zero-order valence-corrected chi connectivity index (χ0v) is 9.09. The number of hydrogen-bond acceptors (Lipinski definition) is 0. The van der Waals surface area contributed by atoms with Gasteiger partial charge >= 0.3 is 0 Å². The third kappa shape index (κ3) is 1.75. The predicted octanol–water partition coefficient (Wildman–Crippen LogP) is 4.06. The highest BCUT2D eigenvalue weighted by atomic mass is 14.2. The standard InChI is InChI=1S/C14H18/c1-3-12-9-8-11(2)10-13-6-4-5-7-14(12)13/h4-7,9,11H,3,8,10H2,1-2H3/t11-/m1/s1. The fourth-order valence-electron chi connectivity index (χ4n) is 2.26. The van der Waals surface area contributed by atoms with Gasteiger partial charge < -0.3 is 0 Å². The van der Waals surface area contributed by atoms with E-state index in [1.165, 1.54) is 29.5 Å². The summed E-state index contributed by atoms with van der Waals surface area (Å²) in [6, 6.07) is 8.85. The second-order valence-electron chi connectivity index (χ2n) is 4.29. The summed E-state index contributed by atoms with van der Waals surface area (Å²) in [6.07, 6.45) is 6.05. The average molecular weight is 186 g/mol. The SMILES string of the molecule is CCC1=CC[C@@H](C)Cc2ccccc21. The molecule has 0 bridgehead atoms. The summed E-state index contributed by atoms with van der Waals surface area (Å²) in [4.78, 5) is 0. The van der Waals surface area contributed by atoms with Crippen LogP contribution >= 0.6 is 0 Å². The predicted molar refractivity (Wildman–Crippen MR) is 62.2 cm³/mol. The van der Waals surface area contributed by atoms with E-state index in [0.717, 1.165) is 12.3 Å². The monoisotopic (exact) mass is 186 g/mol. The van der Waals surface area contributed by atoms with Gasteiger partial charge in [0.2, 0.25) is 0 Å². The number of hydrogen-bond donors (Lipinski definition) is 0. The molecule has 0 heterocycles. The molecular weight excluding hydrogens is 168 g/mol. The van der Waals surface area contributed by atoms with Crippen LogP contribution in [0.5, 0.6) is 0 Å². The summed E-state index contributed by atoms with van der Waals surface area (Å²) in [5.74, 6) is 0.792. The largest absolute Gasteiger partial charge is 0.0804 e. The second kappa shape index (κ2) is 4.00. The van der Waals surface area contributed by atoms with Crippen LogP contribution in [0.3, 0.4) is 0 Å². The van der Waals surface area contributed by atoms with Gasteiger partial charge in [-0.05, 0) is 41.9 Å². The molecule has 0 radical (unpaired) electrons. The summed E-state index contributed by atoms with van der Waals surface area (Å²) < 4.78 is 0. The van der Waals surface area contributed by atoms with Gasteiger partial charge in [0, 0.05) is 0 Å². The maximum absolute atomic E-state index is 2.43. The van der Waals surface area contributed by atoms with Crippen LogP contribution in [0.2, 0.25) is 0 Å². The van der Waals surface area contributed by atoms with Crippen molar-refractivity contribution >= 4 is 5.57 Å². The first-order chi connectivity index (χ1) is 6.81. The van der Waals surface area contributed by atoms with E-state index in [9.17, 15) is 0 Å². The van der Waals surface area contributed by atoms with Crippen LogP contribution < -0.4 is 0 Å². The van der Waals surface area contributed by atoms with Crippen molar-refractivity contribution in [3.63, 3.8) is 0 Å². The molecule has 1 atom stereocenters. The first-order valence-electron chi connectivity index (χ1n) is 5.58. The fraction of sp³-hybridized carbons (Fsp3) is 0.429. The maximum Gasteiger partial charge on any atom is -0.0196 e. The Kier molecular flexibility index (Phi) is 2.72. The van der Waals surface area contributed by atoms with Gasteiger partial charge in [0.25, 0.3) is 0 Å². The lowest BCUT2D eigenvalue weighted by atomic mass is 9.96. The molecule has 0 spiro atoms. The van der Waals surface area contributed by atoms with Crippen LogP contribution in [-0.4, -0.2) is 0 Å². The van der Waals surface area contributed by atoms with Crippen molar-refractivity contribution in [3.8, 4) is 0 Å². The third-order valence-electron chi connectivity index (χ3n) is 3.08. The molecular formula is C14H18. The minimum atomic E-state index is 0.792. The molecule has 0 heteroatoms. The van der Waals surface area contributed by atoms with E-state index in [2.05, 4.69) is 44.2 Å². The summed E-state index contributed by atoms with van der Waals surface area (Å²) in [5.41, 5.74) is 4.55. The maximum atomic E-state index is 2.43. The molecule has 74 valence electrons. The highest BCUT2D eigenvalue weighted by molar-refractivity contribution is 5.68. The summed E-state index contributed by atoms with van der Waals surface area (Å²) in [6.45, 7) is 4.59. The van der Waals surface area contributed by atoms with Gasteiger partial charge in [0.15, 0.2) is 0 Å². The molecule has 0 aliphatic heterocycles. The van der Waals surface area contributed by atoms with Crippen molar-refractivity contribution < 1.29 is 0 Å². The van der Waals surface area contributed by atoms with E-state index in [0.29, 0.717) is 0 Å². The Labute approximate surface area is 86.7 Å². The normalized spacial score (nSPS) is 21.0. The molecule has 1 aromatic carbocycles. The second-order valence-corrected chi connectivity index (χ2v) is 4.29. The van der Waals surface area contributed by atoms with Crippen molar-refractivity contribution in [2.75, 3.05) is 0 Å². The molecule has 0 N–H and O–H groups in total. The van der Waals surface area contributed by atoms with Gasteiger partial charge in [0.1, 0.15) is 0 Å². The average Bonchev–Trinajstić information content (AvgIpc) is 2.36. The molecule has 0 nitrogen and oxygen atoms in total. The molecule has 0 amide bonds. The Balaban J connectivity index is 2.47. The van der Waals surface area contributed by atoms with Crippen LogP contribution in [0, 0.1) is 5.92 Å². The highest BCUT2D eigenvalue weighted by Gasteiger charge is 2.13. The van der Waals surface area contributed by atoms with Crippen LogP contribution in [0.25, 0.3) is 5.57 Å². The van der Waals surface area contributed by atoms with Gasteiger partial charge in [0.05, 0.1) is 0 Å². The fourth-order valence-corrected chi connectivity index (χ4v) is 2.26. The van der Waals surface area contributed by atoms with Crippen molar-refractivity contribution in [3.05, 3.63) is 41.5 Å². The summed E-state index contributed by atoms with van der Waals surface area (Å²) >= 11 is 0. The Bertz CT molecular complexity index is 347. The topological polar surface area (TPSA) is 0 Å². The first-order valence-corrected chi connectivity index (χ1v) is 5.58. The lowest BCUT2D eigenvalue weighted by Crippen LogP contribution is -1.97. The van der Waals surface area contributed by atoms with Gasteiger partial charge in [-0.25, -0.2) is 0 Å². The van der Waals surface area contributed by atoms with E-state index >= 15 is 0 Å². The van der Waals surface area contributed by atoms with Crippen molar-refractivity contribution in [2.24, 2.45) is 5.92 Å². The number of fused-ring (bicyclic) bond motifs is 1. The van der Waals surface area contributed by atoms with Crippen LogP contribution in [0.1, 0.15) is 37.8 Å². The van der Waals surface area contributed by atoms with E-state index in [4.69, 9.17) is 0 Å². The molecule has 14 heavy (non-hydrogen) atoms. The number of benzene rings is 1. The van der Waals surface area contributed by atoms with Crippen molar-refractivity contribution in [1.29, 1.82) is 0 Å². The molecule has 1 aliphatic rings. The van der Waals surface area contributed by atoms with E-state index < -0.39 is 0 Å². The molecule has 0 aromatic heterocycles. The molecule has 0 saturated heterocycles. The highest BCUT2D eigenvalue weighted by Crippen LogP contribution is 2.29. The number of rotatable bonds is 1. The molecule has 1 aromatic rings. The van der Waals surface area contributed by atoms with Gasteiger partial charge in [-0.15, -0.1) is 0 Å². The van der Waals surface area contributed by atoms with Crippen LogP contribution in [0.4, 0.5) is 0 Å². The van der Waals surface area contributed by atoms with Crippen molar-refractivity contribution in [2.45, 2.75) is 33.1 Å². The summed E-state index contributed by atoms with van der Waals surface area (Å²) in [5, 5.41) is 0. The Hall–Kier alpha value is -1.04. The minimum Gasteiger partial charge on any atom is -0.0804 e. The summed E-state index contributed by atoms with van der Waals surface area (Å²) in [7, 11) is 0. The van der Waals surface area contributed by atoms with Gasteiger partial charge in [-0.1, -0.05) is 44.2 Å². The molecule has 1 aliphatic carbocycles. The Morgan fingerprint density at radius 2 is 2.07 bits per heavy atom. The zero-order valence-electron chi connectivity index (χ0n) is 9.09. The Morgan fingerprint density at radius 3 is 2.86 bits per heavy atom. The van der Waals surface area contributed by atoms with Crippen LogP contribution in [0.15, 0.2) is 30.3 Å². The van der Waals surface area contributed by atoms with Gasteiger partial charge in [-0.2, -0.15) is 0 Å². The van der Waals surface area contributed by atoms with Gasteiger partial charge in [-0.3, -0.25) is 0 Å². The van der Waals surface area contributed by atoms with E-state index in [-0.39, 0.29) is 0 Å². The van der Waals surface area contributed by atoms with E-state index in [1.54, 1.807) is 0 Å². The Morgan fingerprint density at radius 1 is 1.29 bits per heavy atom. The lowest BCUT2D eigenvalue weighted by Gasteiger charge is -2.09. The molecule has 2 rings (SSSR count). The molecule has 0 saturated carbocycles. The van der Waals surface area contributed by atoms with E-state index in [1.807, 2.05) is 0 Å². The first kappa shape index (κ1) is 9.51. The minimum absolute atomic E-state index is 0.792. The third-order valence-corrected chi connectivity index (χ3v) is 3.08. The van der Waals surface area contributed by atoms with Crippen molar-refractivity contribution in [1.82, 2.24) is 0 Å². The quantitative estimate of drug-likeness (QED) is 0.620. The van der Waals surface area contributed by atoms with Crippen LogP contribution in [-0.2, 0) is 6.42 Å². The lowest BCUT2D eigenvalue weighted by molar-refractivity contribution is 0.594. The number of allylic oxidation sites excluding steroid dienone is 2. The smallest absolute Gasteiger partial charge is 0.0196 e.